The summed E-state index contributed by atoms with van der Waals surface area (Å²) in [4.78, 5) is 44.0. The van der Waals surface area contributed by atoms with Crippen molar-refractivity contribution in [1.29, 1.82) is 0 Å². The van der Waals surface area contributed by atoms with Crippen molar-refractivity contribution >= 4 is 28.2 Å². The van der Waals surface area contributed by atoms with Crippen LogP contribution in [0.15, 0.2) is 71.8 Å². The number of hydrogen-bond acceptors (Lipinski definition) is 6. The molecule has 0 saturated heterocycles. The maximum absolute atomic E-state index is 12.9. The van der Waals surface area contributed by atoms with Gasteiger partial charge in [-0.1, -0.05) is 12.1 Å². The lowest BCUT2D eigenvalue weighted by Gasteiger charge is -2.11. The number of amides is 1. The summed E-state index contributed by atoms with van der Waals surface area (Å²) >= 11 is 0. The summed E-state index contributed by atoms with van der Waals surface area (Å²) in [5.41, 5.74) is 1.00. The number of rotatable bonds is 4. The Hall–Kier alpha value is -4.40. The highest BCUT2D eigenvalue weighted by molar-refractivity contribution is 6.05. The molecule has 0 atom stereocenters. The zero-order chi connectivity index (χ0) is 21.3. The number of pyridine rings is 1. The Morgan fingerprint density at radius 3 is 2.57 bits per heavy atom. The largest absolute Gasteiger partial charge is 0.316 e. The molecule has 9 heteroatoms. The number of hydrogen-bond donors (Lipinski definition) is 1. The summed E-state index contributed by atoms with van der Waals surface area (Å²) in [5.74, 6) is -0.000123. The van der Waals surface area contributed by atoms with Crippen LogP contribution < -0.4 is 10.9 Å². The Morgan fingerprint density at radius 1 is 1.10 bits per heavy atom. The molecule has 0 bridgehead atoms. The molecule has 0 fully saturated rings. The lowest BCUT2D eigenvalue weighted by Crippen LogP contribution is -2.22. The summed E-state index contributed by atoms with van der Waals surface area (Å²) in [6, 6.07) is 14.8. The molecule has 4 aromatic rings. The summed E-state index contributed by atoms with van der Waals surface area (Å²) in [5, 5.41) is 14.1. The van der Waals surface area contributed by atoms with Crippen molar-refractivity contribution in [3.05, 3.63) is 98.8 Å². The zero-order valence-electron chi connectivity index (χ0n) is 15.8. The molecule has 2 aromatic carbocycles. The number of aryl methyl sites for hydroxylation is 1. The molecule has 1 N–H and O–H groups in total. The van der Waals surface area contributed by atoms with Gasteiger partial charge in [0.15, 0.2) is 0 Å². The van der Waals surface area contributed by atoms with Crippen LogP contribution in [-0.2, 0) is 0 Å². The molecule has 0 aliphatic rings. The first-order valence-electron chi connectivity index (χ1n) is 8.94. The van der Waals surface area contributed by atoms with Crippen LogP contribution in [0.5, 0.6) is 0 Å². The number of aromatic nitrogens is 3. The predicted octanol–water partition coefficient (Wildman–Crippen LogP) is 3.25. The van der Waals surface area contributed by atoms with Crippen LogP contribution in [0.4, 0.5) is 11.4 Å². The molecule has 4 rings (SSSR count). The van der Waals surface area contributed by atoms with E-state index >= 15 is 0 Å². The van der Waals surface area contributed by atoms with Crippen LogP contribution >= 0.6 is 0 Å². The quantitative estimate of drug-likeness (QED) is 0.414. The minimum Gasteiger partial charge on any atom is -0.316 e. The number of anilines is 1. The normalized spacial score (nSPS) is 10.7. The smallest absolute Gasteiger partial charge is 0.310 e. The van der Waals surface area contributed by atoms with E-state index in [1.807, 2.05) is 6.07 Å². The Kier molecular flexibility index (Phi) is 4.77. The monoisotopic (exact) mass is 401 g/mol. The molecule has 148 valence electrons. The lowest BCUT2D eigenvalue weighted by atomic mass is 10.1. The minimum atomic E-state index is -0.617. The average Bonchev–Trinajstić information content (AvgIpc) is 2.74. The number of para-hydroxylation sites is 1. The average molecular weight is 401 g/mol. The molecule has 0 radical (unpaired) electrons. The first-order valence-corrected chi connectivity index (χ1v) is 8.94. The van der Waals surface area contributed by atoms with Gasteiger partial charge in [-0.2, -0.15) is 0 Å². The molecule has 2 aromatic heterocycles. The van der Waals surface area contributed by atoms with Gasteiger partial charge in [-0.05, 0) is 49.4 Å². The molecule has 30 heavy (non-hydrogen) atoms. The third-order valence-electron chi connectivity index (χ3n) is 4.58. The van der Waals surface area contributed by atoms with E-state index in [1.54, 1.807) is 49.4 Å². The van der Waals surface area contributed by atoms with E-state index in [4.69, 9.17) is 0 Å². The van der Waals surface area contributed by atoms with Gasteiger partial charge in [0.25, 0.3) is 11.5 Å². The van der Waals surface area contributed by atoms with Crippen LogP contribution in [0.2, 0.25) is 0 Å². The second-order valence-corrected chi connectivity index (χ2v) is 6.47. The van der Waals surface area contributed by atoms with Gasteiger partial charge >= 0.3 is 5.69 Å². The van der Waals surface area contributed by atoms with Gasteiger partial charge in [-0.25, -0.2) is 4.98 Å². The van der Waals surface area contributed by atoms with Crippen molar-refractivity contribution in [2.24, 2.45) is 0 Å². The van der Waals surface area contributed by atoms with E-state index < -0.39 is 10.8 Å². The molecule has 0 unspecified atom stereocenters. The van der Waals surface area contributed by atoms with Gasteiger partial charge < -0.3 is 5.32 Å². The maximum atomic E-state index is 12.9. The molecule has 0 aliphatic carbocycles. The summed E-state index contributed by atoms with van der Waals surface area (Å²) in [6.45, 7) is 1.73. The standard InChI is InChI=1S/C21H15N5O4/c1-13-23-17-5-3-2-4-16(17)21(28)25(13)15-8-6-14(7-9-15)20(27)24-18-10-11-22-12-19(18)26(29)30/h2-12H,1H3,(H,22,24,27). The fraction of sp³-hybridized carbons (Fsp3) is 0.0476. The van der Waals surface area contributed by atoms with Crippen molar-refractivity contribution in [3.63, 3.8) is 0 Å². The van der Waals surface area contributed by atoms with Crippen molar-refractivity contribution in [2.75, 3.05) is 5.32 Å². The van der Waals surface area contributed by atoms with Crippen molar-refractivity contribution in [3.8, 4) is 5.69 Å². The van der Waals surface area contributed by atoms with Gasteiger partial charge in [0, 0.05) is 11.8 Å². The van der Waals surface area contributed by atoms with Crippen LogP contribution in [0.1, 0.15) is 16.2 Å². The van der Waals surface area contributed by atoms with E-state index in [1.165, 1.54) is 16.8 Å². The van der Waals surface area contributed by atoms with Gasteiger partial charge in [0.1, 0.15) is 17.7 Å². The molecule has 0 saturated carbocycles. The van der Waals surface area contributed by atoms with Crippen molar-refractivity contribution in [1.82, 2.24) is 14.5 Å². The Balaban J connectivity index is 1.66. The fourth-order valence-electron chi connectivity index (χ4n) is 3.14. The van der Waals surface area contributed by atoms with E-state index in [-0.39, 0.29) is 22.5 Å². The Labute approximate surface area is 169 Å². The minimum absolute atomic E-state index is 0.0508. The number of carbonyl (C=O) groups is 1. The molecule has 1 amide bonds. The highest BCUT2D eigenvalue weighted by Crippen LogP contribution is 2.23. The van der Waals surface area contributed by atoms with Gasteiger partial charge in [-0.3, -0.25) is 29.3 Å². The molecule has 0 spiro atoms. The summed E-state index contributed by atoms with van der Waals surface area (Å²) < 4.78 is 1.47. The lowest BCUT2D eigenvalue weighted by molar-refractivity contribution is -0.384. The third-order valence-corrected chi connectivity index (χ3v) is 4.58. The first kappa shape index (κ1) is 18.9. The van der Waals surface area contributed by atoms with Crippen LogP contribution in [0, 0.1) is 17.0 Å². The number of nitrogens with zero attached hydrogens (tertiary/aromatic N) is 4. The number of fused-ring (bicyclic) bond motifs is 1. The summed E-state index contributed by atoms with van der Waals surface area (Å²) in [7, 11) is 0. The third kappa shape index (κ3) is 3.39. The van der Waals surface area contributed by atoms with E-state index in [0.29, 0.717) is 22.4 Å². The molecule has 0 aliphatic heterocycles. The van der Waals surface area contributed by atoms with Gasteiger partial charge in [0.2, 0.25) is 0 Å². The van der Waals surface area contributed by atoms with E-state index in [9.17, 15) is 19.7 Å². The second-order valence-electron chi connectivity index (χ2n) is 6.47. The molecule has 2 heterocycles. The maximum Gasteiger partial charge on any atom is 0.310 e. The van der Waals surface area contributed by atoms with Crippen LogP contribution in [0.25, 0.3) is 16.6 Å². The van der Waals surface area contributed by atoms with Crippen molar-refractivity contribution < 1.29 is 9.72 Å². The van der Waals surface area contributed by atoms with Crippen molar-refractivity contribution in [2.45, 2.75) is 6.92 Å². The highest BCUT2D eigenvalue weighted by Gasteiger charge is 2.17. The predicted molar refractivity (Wildman–Crippen MR) is 111 cm³/mol. The first-order chi connectivity index (χ1) is 14.5. The van der Waals surface area contributed by atoms with Crippen LogP contribution in [0.3, 0.4) is 0 Å². The Morgan fingerprint density at radius 2 is 1.83 bits per heavy atom. The van der Waals surface area contributed by atoms with Crippen LogP contribution in [-0.4, -0.2) is 25.4 Å². The SMILES string of the molecule is Cc1nc2ccccc2c(=O)n1-c1ccc(C(=O)Nc2ccncc2[N+](=O)[O-])cc1. The second kappa shape index (κ2) is 7.55. The topological polar surface area (TPSA) is 120 Å². The van der Waals surface area contributed by atoms with E-state index in [0.717, 1.165) is 6.20 Å². The van der Waals surface area contributed by atoms with E-state index in [2.05, 4.69) is 15.3 Å². The molecule has 9 nitrogen and oxygen atoms in total. The van der Waals surface area contributed by atoms with Gasteiger partial charge in [0.05, 0.1) is 21.5 Å². The number of nitro groups is 1. The fourth-order valence-corrected chi connectivity index (χ4v) is 3.14. The summed E-state index contributed by atoms with van der Waals surface area (Å²) in [6.07, 6.45) is 2.42. The van der Waals surface area contributed by atoms with Gasteiger partial charge in [-0.15, -0.1) is 0 Å². The highest BCUT2D eigenvalue weighted by atomic mass is 16.6. The Bertz CT molecular complexity index is 1350. The number of nitrogens with one attached hydrogen (secondary N) is 1. The molecular formula is C21H15N5O4. The zero-order valence-corrected chi connectivity index (χ0v) is 15.8. The number of carbonyl (C=O) groups excluding carboxylic acids is 1. The molecular weight excluding hydrogens is 386 g/mol. The number of benzene rings is 2.